The van der Waals surface area contributed by atoms with Gasteiger partial charge in [0.25, 0.3) is 10.0 Å². The molecule has 2 aromatic rings. The molecule has 1 heterocycles. The minimum absolute atomic E-state index is 0.0668. The number of rotatable bonds is 4. The number of aryl methyl sites for hydroxylation is 2. The zero-order valence-corrected chi connectivity index (χ0v) is 16.5. The number of carbonyl (C=O) groups is 1. The number of benzene rings is 2. The number of hydrogen-bond acceptors (Lipinski definition) is 5. The van der Waals surface area contributed by atoms with Crippen LogP contribution in [0.15, 0.2) is 35.2 Å². The highest BCUT2D eigenvalue weighted by molar-refractivity contribution is 7.92. The van der Waals surface area contributed by atoms with Gasteiger partial charge in [-0.2, -0.15) is 0 Å². The average molecular weight is 390 g/mol. The van der Waals surface area contributed by atoms with Gasteiger partial charge in [0.2, 0.25) is 5.91 Å². The van der Waals surface area contributed by atoms with E-state index in [0.29, 0.717) is 30.3 Å². The van der Waals surface area contributed by atoms with Gasteiger partial charge in [-0.05, 0) is 49.2 Å². The molecule has 0 spiro atoms. The number of sulfonamides is 1. The molecule has 0 saturated carbocycles. The summed E-state index contributed by atoms with van der Waals surface area (Å²) >= 11 is 0. The van der Waals surface area contributed by atoms with Crippen LogP contribution < -0.4 is 19.1 Å². The molecule has 2 aromatic carbocycles. The van der Waals surface area contributed by atoms with Crippen molar-refractivity contribution in [1.82, 2.24) is 0 Å². The van der Waals surface area contributed by atoms with Crippen molar-refractivity contribution in [2.75, 3.05) is 29.9 Å². The molecule has 0 bridgehead atoms. The molecule has 27 heavy (non-hydrogen) atoms. The summed E-state index contributed by atoms with van der Waals surface area (Å²) in [6.07, 6.45) is 0. The van der Waals surface area contributed by atoms with E-state index in [-0.39, 0.29) is 16.6 Å². The van der Waals surface area contributed by atoms with Crippen molar-refractivity contribution < 1.29 is 22.7 Å². The van der Waals surface area contributed by atoms with E-state index in [1.807, 2.05) is 13.8 Å². The Bertz CT molecular complexity index is 1000. The maximum absolute atomic E-state index is 12.9. The van der Waals surface area contributed by atoms with Crippen LogP contribution in [0, 0.1) is 13.8 Å². The molecular formula is C19H22N2O5S. The molecule has 0 unspecified atom stereocenters. The lowest BCUT2D eigenvalue weighted by molar-refractivity contribution is -0.116. The Kier molecular flexibility index (Phi) is 5.01. The molecule has 1 amide bonds. The summed E-state index contributed by atoms with van der Waals surface area (Å²) < 4.78 is 39.2. The third-order valence-corrected chi connectivity index (χ3v) is 5.93. The predicted molar refractivity (Wildman–Crippen MR) is 103 cm³/mol. The lowest BCUT2D eigenvalue weighted by Crippen LogP contribution is -2.36. The monoisotopic (exact) mass is 390 g/mol. The second kappa shape index (κ2) is 7.11. The quantitative estimate of drug-likeness (QED) is 0.868. The van der Waals surface area contributed by atoms with Crippen LogP contribution in [0.5, 0.6) is 11.5 Å². The highest BCUT2D eigenvalue weighted by Gasteiger charge is 2.24. The van der Waals surface area contributed by atoms with Crippen molar-refractivity contribution >= 4 is 27.3 Å². The van der Waals surface area contributed by atoms with Crippen LogP contribution in [0.3, 0.4) is 0 Å². The number of fused-ring (bicyclic) bond motifs is 1. The Balaban J connectivity index is 1.96. The first-order chi connectivity index (χ1) is 12.7. The fraction of sp³-hybridized carbons (Fsp3) is 0.316. The summed E-state index contributed by atoms with van der Waals surface area (Å²) in [7, 11) is -2.43. The first-order valence-electron chi connectivity index (χ1n) is 8.46. The van der Waals surface area contributed by atoms with E-state index < -0.39 is 10.0 Å². The minimum atomic E-state index is -3.86. The van der Waals surface area contributed by atoms with Gasteiger partial charge in [0.05, 0.1) is 25.0 Å². The largest absolute Gasteiger partial charge is 0.495 e. The standard InChI is InChI=1S/C19H22N2O5S/c1-12-9-18(25-4)19(10-13(12)2)27(23,24)20-15-5-6-16-17(11-15)26-8-7-21(16)14(3)22/h5-6,9-11,20H,7-8H2,1-4H3. The van der Waals surface area contributed by atoms with Crippen molar-refractivity contribution in [3.63, 3.8) is 0 Å². The molecule has 0 atom stereocenters. The number of hydrogen-bond donors (Lipinski definition) is 1. The van der Waals surface area contributed by atoms with Gasteiger partial charge in [-0.3, -0.25) is 9.52 Å². The van der Waals surface area contributed by atoms with Crippen LogP contribution in [-0.4, -0.2) is 34.6 Å². The summed E-state index contributed by atoms with van der Waals surface area (Å²) in [5.74, 6) is 0.652. The summed E-state index contributed by atoms with van der Waals surface area (Å²) in [4.78, 5) is 13.4. The smallest absolute Gasteiger partial charge is 0.265 e. The number of carbonyl (C=O) groups excluding carboxylic acids is 1. The number of anilines is 2. The molecule has 3 rings (SSSR count). The lowest BCUT2D eigenvalue weighted by atomic mass is 10.1. The molecule has 7 nitrogen and oxygen atoms in total. The Morgan fingerprint density at radius 1 is 1.19 bits per heavy atom. The van der Waals surface area contributed by atoms with E-state index in [9.17, 15) is 13.2 Å². The topological polar surface area (TPSA) is 84.9 Å². The third-order valence-electron chi connectivity index (χ3n) is 4.52. The summed E-state index contributed by atoms with van der Waals surface area (Å²) in [5, 5.41) is 0. The van der Waals surface area contributed by atoms with Crippen molar-refractivity contribution in [2.45, 2.75) is 25.7 Å². The molecule has 0 fully saturated rings. The molecule has 0 aromatic heterocycles. The van der Waals surface area contributed by atoms with Crippen molar-refractivity contribution in [2.24, 2.45) is 0 Å². The molecule has 144 valence electrons. The number of nitrogens with one attached hydrogen (secondary N) is 1. The zero-order chi connectivity index (χ0) is 19.8. The SMILES string of the molecule is COc1cc(C)c(C)cc1S(=O)(=O)Nc1ccc2c(c1)OCCN2C(C)=O. The molecule has 0 aliphatic carbocycles. The Labute approximate surface area is 158 Å². The molecule has 1 aliphatic rings. The number of nitrogens with zero attached hydrogens (tertiary/aromatic N) is 1. The summed E-state index contributed by atoms with van der Waals surface area (Å²) in [5.41, 5.74) is 2.76. The normalized spacial score (nSPS) is 13.6. The van der Waals surface area contributed by atoms with E-state index in [2.05, 4.69) is 4.72 Å². The van der Waals surface area contributed by atoms with Crippen LogP contribution in [0.25, 0.3) is 0 Å². The molecule has 8 heteroatoms. The van der Waals surface area contributed by atoms with Gasteiger partial charge in [-0.15, -0.1) is 0 Å². The highest BCUT2D eigenvalue weighted by atomic mass is 32.2. The van der Waals surface area contributed by atoms with Crippen LogP contribution in [0.2, 0.25) is 0 Å². The first-order valence-corrected chi connectivity index (χ1v) is 9.94. The van der Waals surface area contributed by atoms with Crippen LogP contribution in [-0.2, 0) is 14.8 Å². The Morgan fingerprint density at radius 3 is 2.56 bits per heavy atom. The second-order valence-electron chi connectivity index (χ2n) is 6.39. The first kappa shape index (κ1) is 19.0. The van der Waals surface area contributed by atoms with E-state index >= 15 is 0 Å². The molecule has 0 radical (unpaired) electrons. The zero-order valence-electron chi connectivity index (χ0n) is 15.7. The highest BCUT2D eigenvalue weighted by Crippen LogP contribution is 2.35. The number of amides is 1. The van der Waals surface area contributed by atoms with Gasteiger partial charge in [0.1, 0.15) is 23.0 Å². The molecule has 0 saturated heterocycles. The maximum Gasteiger partial charge on any atom is 0.265 e. The molecule has 1 N–H and O–H groups in total. The fourth-order valence-corrected chi connectivity index (χ4v) is 4.24. The van der Waals surface area contributed by atoms with E-state index in [1.54, 1.807) is 35.2 Å². The molecule has 1 aliphatic heterocycles. The van der Waals surface area contributed by atoms with Crippen LogP contribution in [0.4, 0.5) is 11.4 Å². The van der Waals surface area contributed by atoms with Gasteiger partial charge in [0, 0.05) is 13.0 Å². The van der Waals surface area contributed by atoms with E-state index in [1.165, 1.54) is 14.0 Å². The van der Waals surface area contributed by atoms with Crippen LogP contribution >= 0.6 is 0 Å². The van der Waals surface area contributed by atoms with E-state index in [4.69, 9.17) is 9.47 Å². The van der Waals surface area contributed by atoms with Crippen molar-refractivity contribution in [3.8, 4) is 11.5 Å². The van der Waals surface area contributed by atoms with Gasteiger partial charge >= 0.3 is 0 Å². The second-order valence-corrected chi connectivity index (χ2v) is 8.05. The average Bonchev–Trinajstić information content (AvgIpc) is 2.62. The van der Waals surface area contributed by atoms with Crippen molar-refractivity contribution in [3.05, 3.63) is 41.5 Å². The maximum atomic E-state index is 12.9. The number of methoxy groups -OCH3 is 1. The number of ether oxygens (including phenoxy) is 2. The lowest BCUT2D eigenvalue weighted by Gasteiger charge is -2.29. The van der Waals surface area contributed by atoms with E-state index in [0.717, 1.165) is 11.1 Å². The van der Waals surface area contributed by atoms with Gasteiger partial charge < -0.3 is 14.4 Å². The van der Waals surface area contributed by atoms with Crippen molar-refractivity contribution in [1.29, 1.82) is 0 Å². The summed E-state index contributed by atoms with van der Waals surface area (Å²) in [6.45, 7) is 6.04. The van der Waals surface area contributed by atoms with Gasteiger partial charge in [-0.1, -0.05) is 0 Å². The Hall–Kier alpha value is -2.74. The van der Waals surface area contributed by atoms with Gasteiger partial charge in [-0.25, -0.2) is 8.42 Å². The Morgan fingerprint density at radius 2 is 1.89 bits per heavy atom. The van der Waals surface area contributed by atoms with Crippen LogP contribution in [0.1, 0.15) is 18.1 Å². The predicted octanol–water partition coefficient (Wildman–Crippen LogP) is 2.86. The fourth-order valence-electron chi connectivity index (χ4n) is 2.95. The third kappa shape index (κ3) is 3.71. The molecular weight excluding hydrogens is 368 g/mol. The van der Waals surface area contributed by atoms with Gasteiger partial charge in [0.15, 0.2) is 0 Å². The summed E-state index contributed by atoms with van der Waals surface area (Å²) in [6, 6.07) is 8.14. The minimum Gasteiger partial charge on any atom is -0.495 e.